The molecule has 0 aliphatic heterocycles. The minimum atomic E-state index is -0.672. The zero-order chi connectivity index (χ0) is 14.8. The first-order chi connectivity index (χ1) is 9.42. The summed E-state index contributed by atoms with van der Waals surface area (Å²) in [6.45, 7) is 1.89. The van der Waals surface area contributed by atoms with Crippen LogP contribution in [0, 0.1) is 5.82 Å². The maximum Gasteiger partial charge on any atom is 0.127 e. The molecule has 0 heterocycles. The van der Waals surface area contributed by atoms with Crippen LogP contribution >= 0.6 is 39.1 Å². The second kappa shape index (κ2) is 6.46. The van der Waals surface area contributed by atoms with Crippen molar-refractivity contribution in [1.82, 2.24) is 0 Å². The highest BCUT2D eigenvalue weighted by Gasteiger charge is 2.30. The third kappa shape index (κ3) is 3.55. The van der Waals surface area contributed by atoms with Crippen LogP contribution in [0.5, 0.6) is 0 Å². The van der Waals surface area contributed by atoms with Gasteiger partial charge in [0.1, 0.15) is 5.82 Å². The normalized spacial score (nSPS) is 15.7. The number of halogens is 4. The van der Waals surface area contributed by atoms with Crippen molar-refractivity contribution in [2.75, 3.05) is 0 Å². The lowest BCUT2D eigenvalue weighted by Gasteiger charge is -2.26. The van der Waals surface area contributed by atoms with Crippen molar-refractivity contribution in [2.24, 2.45) is 0 Å². The fraction of sp³-hybridized carbons (Fsp3) is 0.250. The molecule has 2 aromatic carbocycles. The van der Waals surface area contributed by atoms with Gasteiger partial charge in [-0.3, -0.25) is 0 Å². The lowest BCUT2D eigenvalue weighted by molar-refractivity contribution is 0.559. The zero-order valence-electron chi connectivity index (χ0n) is 10.9. The Morgan fingerprint density at radius 2 is 1.75 bits per heavy atom. The minimum absolute atomic E-state index is 0.299. The van der Waals surface area contributed by atoms with Gasteiger partial charge < -0.3 is 0 Å². The molecule has 20 heavy (non-hydrogen) atoms. The molecule has 2 unspecified atom stereocenters. The van der Waals surface area contributed by atoms with E-state index < -0.39 is 10.3 Å². The minimum Gasteiger partial charge on any atom is -0.207 e. The van der Waals surface area contributed by atoms with E-state index in [1.165, 1.54) is 6.07 Å². The highest BCUT2D eigenvalue weighted by Crippen LogP contribution is 2.43. The number of rotatable bonds is 4. The van der Waals surface area contributed by atoms with Gasteiger partial charge in [-0.25, -0.2) is 4.39 Å². The van der Waals surface area contributed by atoms with Crippen LogP contribution in [0.2, 0.25) is 0 Å². The molecule has 0 aliphatic carbocycles. The predicted molar refractivity (Wildman–Crippen MR) is 87.0 cm³/mol. The Hall–Kier alpha value is -0.570. The Bertz CT molecular complexity index is 599. The van der Waals surface area contributed by atoms with E-state index in [-0.39, 0.29) is 5.82 Å². The van der Waals surface area contributed by atoms with Gasteiger partial charge in [0.2, 0.25) is 0 Å². The highest BCUT2D eigenvalue weighted by atomic mass is 79.9. The van der Waals surface area contributed by atoms with E-state index in [0.29, 0.717) is 12.0 Å². The van der Waals surface area contributed by atoms with E-state index in [1.807, 2.05) is 31.2 Å². The maximum absolute atomic E-state index is 13.8. The summed E-state index contributed by atoms with van der Waals surface area (Å²) in [5, 5.41) is -0.481. The van der Waals surface area contributed by atoms with Crippen LogP contribution in [0.3, 0.4) is 0 Å². The van der Waals surface area contributed by atoms with Crippen LogP contribution in [-0.4, -0.2) is 0 Å². The van der Waals surface area contributed by atoms with E-state index in [4.69, 9.17) is 23.2 Å². The van der Waals surface area contributed by atoms with Crippen molar-refractivity contribution in [1.29, 1.82) is 0 Å². The van der Waals surface area contributed by atoms with Crippen molar-refractivity contribution in [3.8, 4) is 0 Å². The summed E-state index contributed by atoms with van der Waals surface area (Å²) in [5.41, 5.74) is 1.43. The molecule has 2 rings (SSSR count). The Labute approximate surface area is 137 Å². The molecule has 0 aromatic heterocycles. The van der Waals surface area contributed by atoms with Crippen molar-refractivity contribution in [3.05, 3.63) is 69.9 Å². The molecule has 0 saturated heterocycles. The van der Waals surface area contributed by atoms with Gasteiger partial charge in [0.05, 0.1) is 10.3 Å². The van der Waals surface area contributed by atoms with Gasteiger partial charge in [-0.2, -0.15) is 0 Å². The molecule has 0 saturated carbocycles. The fourth-order valence-corrected chi connectivity index (χ4v) is 3.89. The molecular formula is C16H14BrCl2F. The van der Waals surface area contributed by atoms with Crippen LogP contribution in [0.15, 0.2) is 53.0 Å². The fourth-order valence-electron chi connectivity index (χ4n) is 2.17. The molecule has 106 valence electrons. The first-order valence-electron chi connectivity index (χ1n) is 6.24. The first kappa shape index (κ1) is 15.8. The van der Waals surface area contributed by atoms with Gasteiger partial charge >= 0.3 is 0 Å². The second-order valence-corrected chi connectivity index (χ2v) is 7.09. The molecule has 0 nitrogen and oxygen atoms in total. The van der Waals surface area contributed by atoms with E-state index in [2.05, 4.69) is 15.9 Å². The molecular weight excluding hydrogens is 362 g/mol. The summed E-state index contributed by atoms with van der Waals surface area (Å²) in [5.74, 6) is -0.299. The van der Waals surface area contributed by atoms with Gasteiger partial charge in [-0.1, -0.05) is 52.3 Å². The molecule has 0 N–H and O–H groups in total. The predicted octanol–water partition coefficient (Wildman–Crippen LogP) is 6.41. The Kier molecular flexibility index (Phi) is 5.11. The van der Waals surface area contributed by atoms with E-state index in [9.17, 15) is 4.39 Å². The molecule has 0 bridgehead atoms. The summed E-state index contributed by atoms with van der Waals surface area (Å²) in [6, 6.07) is 14.3. The van der Waals surface area contributed by atoms with Gasteiger partial charge in [0, 0.05) is 10.0 Å². The van der Waals surface area contributed by atoms with Crippen molar-refractivity contribution < 1.29 is 4.39 Å². The van der Waals surface area contributed by atoms with Crippen LogP contribution in [0.25, 0.3) is 0 Å². The van der Waals surface area contributed by atoms with Crippen LogP contribution in [-0.2, 0) is 4.87 Å². The number of benzene rings is 2. The molecule has 4 heteroatoms. The summed E-state index contributed by atoms with van der Waals surface area (Å²) >= 11 is 16.5. The maximum atomic E-state index is 13.8. The molecule has 0 aliphatic rings. The SMILES string of the molecule is CC(Cl)(CC(Cl)c1ccccc1F)c1ccccc1Br. The summed E-state index contributed by atoms with van der Waals surface area (Å²) < 4.78 is 14.7. The number of hydrogen-bond donors (Lipinski definition) is 0. The average molecular weight is 376 g/mol. The molecule has 2 atom stereocenters. The zero-order valence-corrected chi connectivity index (χ0v) is 14.0. The quantitative estimate of drug-likeness (QED) is 0.541. The van der Waals surface area contributed by atoms with Crippen LogP contribution in [0.1, 0.15) is 29.8 Å². The Morgan fingerprint density at radius 1 is 1.15 bits per heavy atom. The van der Waals surface area contributed by atoms with Crippen molar-refractivity contribution in [2.45, 2.75) is 23.6 Å². The van der Waals surface area contributed by atoms with Crippen LogP contribution < -0.4 is 0 Å². The summed E-state index contributed by atoms with van der Waals surface area (Å²) in [4.78, 5) is -0.672. The monoisotopic (exact) mass is 374 g/mol. The lowest BCUT2D eigenvalue weighted by atomic mass is 9.92. The smallest absolute Gasteiger partial charge is 0.127 e. The van der Waals surface area contributed by atoms with Crippen molar-refractivity contribution >= 4 is 39.1 Å². The Morgan fingerprint density at radius 3 is 2.40 bits per heavy atom. The Balaban J connectivity index is 2.25. The average Bonchev–Trinajstić information content (AvgIpc) is 2.38. The largest absolute Gasteiger partial charge is 0.207 e. The van der Waals surface area contributed by atoms with Gasteiger partial charge in [-0.15, -0.1) is 23.2 Å². The molecule has 2 aromatic rings. The number of alkyl halides is 2. The van der Waals surface area contributed by atoms with E-state index in [0.717, 1.165) is 10.0 Å². The van der Waals surface area contributed by atoms with E-state index >= 15 is 0 Å². The van der Waals surface area contributed by atoms with Gasteiger partial charge in [0.15, 0.2) is 0 Å². The van der Waals surface area contributed by atoms with Gasteiger partial charge in [-0.05, 0) is 31.0 Å². The molecule has 0 fully saturated rings. The van der Waals surface area contributed by atoms with Gasteiger partial charge in [0.25, 0.3) is 0 Å². The molecule has 0 radical (unpaired) electrons. The third-order valence-electron chi connectivity index (χ3n) is 3.24. The summed E-state index contributed by atoms with van der Waals surface area (Å²) in [6.07, 6.45) is 0.430. The topological polar surface area (TPSA) is 0 Å². The first-order valence-corrected chi connectivity index (χ1v) is 7.85. The highest BCUT2D eigenvalue weighted by molar-refractivity contribution is 9.10. The molecule has 0 amide bonds. The number of hydrogen-bond acceptors (Lipinski definition) is 0. The lowest BCUT2D eigenvalue weighted by Crippen LogP contribution is -2.17. The van der Waals surface area contributed by atoms with Crippen LogP contribution in [0.4, 0.5) is 4.39 Å². The van der Waals surface area contributed by atoms with E-state index in [1.54, 1.807) is 18.2 Å². The molecule has 0 spiro atoms. The summed E-state index contributed by atoms with van der Waals surface area (Å²) in [7, 11) is 0. The second-order valence-electron chi connectivity index (χ2n) is 4.87. The standard InChI is InChI=1S/C16H14BrCl2F/c1-16(19,12-7-3-4-8-13(12)17)10-14(18)11-6-2-5-9-15(11)20/h2-9,14H,10H2,1H3. The third-order valence-corrected chi connectivity index (χ3v) is 4.68. The van der Waals surface area contributed by atoms with Crippen molar-refractivity contribution in [3.63, 3.8) is 0 Å².